The molecule has 0 bridgehead atoms. The lowest BCUT2D eigenvalue weighted by atomic mass is 10.1. The van der Waals surface area contributed by atoms with Crippen LogP contribution in [0.2, 0.25) is 0 Å². The fourth-order valence-corrected chi connectivity index (χ4v) is 3.79. The van der Waals surface area contributed by atoms with Gasteiger partial charge in [0.2, 0.25) is 0 Å². The summed E-state index contributed by atoms with van der Waals surface area (Å²) >= 11 is 1.53. The molecular formula is C25H23N3O2S. The van der Waals surface area contributed by atoms with Gasteiger partial charge in [0.25, 0.3) is 5.91 Å². The third-order valence-electron chi connectivity index (χ3n) is 4.79. The lowest BCUT2D eigenvalue weighted by Crippen LogP contribution is -2.20. The van der Waals surface area contributed by atoms with Crippen molar-refractivity contribution in [1.82, 2.24) is 4.98 Å². The topological polar surface area (TPSA) is 54.5 Å². The van der Waals surface area contributed by atoms with Gasteiger partial charge in [-0.1, -0.05) is 48.5 Å². The molecule has 0 saturated heterocycles. The van der Waals surface area contributed by atoms with Gasteiger partial charge in [0.05, 0.1) is 22.6 Å². The number of aromatic nitrogens is 1. The Balaban J connectivity index is 1.45. The standard InChI is InChI=1S/C25H23N3O2S/c1-28(15-19-8-3-2-4-9-19)24-13-6-5-12-23(24)27-25(29)20-10-7-11-22(14-20)30-16-21-17-31-18-26-21/h2-14,17-18H,15-16H2,1H3,(H,27,29). The first-order chi connectivity index (χ1) is 15.2. The molecule has 3 aromatic carbocycles. The number of benzene rings is 3. The molecule has 156 valence electrons. The maximum Gasteiger partial charge on any atom is 0.255 e. The van der Waals surface area contributed by atoms with Gasteiger partial charge in [-0.3, -0.25) is 4.79 Å². The number of rotatable bonds is 8. The monoisotopic (exact) mass is 429 g/mol. The van der Waals surface area contributed by atoms with Crippen LogP contribution in [0, 0.1) is 0 Å². The highest BCUT2D eigenvalue weighted by Gasteiger charge is 2.13. The number of hydrogen-bond acceptors (Lipinski definition) is 5. The molecule has 0 atom stereocenters. The molecule has 0 aliphatic heterocycles. The highest BCUT2D eigenvalue weighted by atomic mass is 32.1. The van der Waals surface area contributed by atoms with Crippen LogP contribution in [-0.2, 0) is 13.2 Å². The summed E-state index contributed by atoms with van der Waals surface area (Å²) < 4.78 is 5.78. The summed E-state index contributed by atoms with van der Waals surface area (Å²) in [6, 6.07) is 25.2. The second-order valence-electron chi connectivity index (χ2n) is 7.11. The second kappa shape index (κ2) is 9.91. The van der Waals surface area contributed by atoms with Crippen LogP contribution in [0.1, 0.15) is 21.6 Å². The molecule has 0 saturated carbocycles. The van der Waals surface area contributed by atoms with E-state index in [9.17, 15) is 4.79 Å². The van der Waals surface area contributed by atoms with E-state index in [1.54, 1.807) is 17.6 Å². The summed E-state index contributed by atoms with van der Waals surface area (Å²) in [5.41, 5.74) is 6.10. The second-order valence-corrected chi connectivity index (χ2v) is 7.83. The van der Waals surface area contributed by atoms with Gasteiger partial charge < -0.3 is 15.0 Å². The van der Waals surface area contributed by atoms with Crippen LogP contribution < -0.4 is 15.0 Å². The summed E-state index contributed by atoms with van der Waals surface area (Å²) in [5.74, 6) is 0.454. The van der Waals surface area contributed by atoms with Crippen LogP contribution in [0.15, 0.2) is 89.8 Å². The first kappa shape index (κ1) is 20.6. The van der Waals surface area contributed by atoms with E-state index in [0.717, 1.165) is 23.6 Å². The zero-order chi connectivity index (χ0) is 21.5. The highest BCUT2D eigenvalue weighted by molar-refractivity contribution is 7.07. The molecule has 4 aromatic rings. The van der Waals surface area contributed by atoms with Gasteiger partial charge in [0, 0.05) is 24.5 Å². The number of anilines is 2. The van der Waals surface area contributed by atoms with Crippen molar-refractivity contribution in [3.05, 3.63) is 107 Å². The van der Waals surface area contributed by atoms with Crippen molar-refractivity contribution in [1.29, 1.82) is 0 Å². The molecule has 1 N–H and O–H groups in total. The number of nitrogens with one attached hydrogen (secondary N) is 1. The van der Waals surface area contributed by atoms with Crippen molar-refractivity contribution in [3.63, 3.8) is 0 Å². The molecule has 0 aliphatic rings. The van der Waals surface area contributed by atoms with Crippen molar-refractivity contribution in [2.45, 2.75) is 13.2 Å². The third kappa shape index (κ3) is 5.49. The van der Waals surface area contributed by atoms with Crippen molar-refractivity contribution in [2.75, 3.05) is 17.3 Å². The minimum Gasteiger partial charge on any atom is -0.487 e. The van der Waals surface area contributed by atoms with Gasteiger partial charge in [-0.15, -0.1) is 11.3 Å². The molecule has 0 spiro atoms. The molecule has 0 fully saturated rings. The zero-order valence-electron chi connectivity index (χ0n) is 17.2. The van der Waals surface area contributed by atoms with Crippen LogP contribution in [0.5, 0.6) is 5.75 Å². The Kier molecular flexibility index (Phi) is 6.59. The largest absolute Gasteiger partial charge is 0.487 e. The van der Waals surface area contributed by atoms with Crippen LogP contribution in [0.4, 0.5) is 11.4 Å². The lowest BCUT2D eigenvalue weighted by molar-refractivity contribution is 0.102. The third-order valence-corrected chi connectivity index (χ3v) is 5.43. The van der Waals surface area contributed by atoms with Crippen molar-refractivity contribution >= 4 is 28.6 Å². The number of para-hydroxylation sites is 2. The Morgan fingerprint density at radius 1 is 1.03 bits per heavy atom. The minimum absolute atomic E-state index is 0.181. The molecular weight excluding hydrogens is 406 g/mol. The molecule has 31 heavy (non-hydrogen) atoms. The SMILES string of the molecule is CN(Cc1ccccc1)c1ccccc1NC(=O)c1cccc(OCc2cscn2)c1. The van der Waals surface area contributed by atoms with Gasteiger partial charge in [0.1, 0.15) is 12.4 Å². The van der Waals surface area contributed by atoms with E-state index in [2.05, 4.69) is 27.3 Å². The first-order valence-electron chi connectivity index (χ1n) is 9.94. The van der Waals surface area contributed by atoms with E-state index in [1.807, 2.05) is 67.0 Å². The van der Waals surface area contributed by atoms with Gasteiger partial charge in [-0.25, -0.2) is 4.98 Å². The van der Waals surface area contributed by atoms with E-state index < -0.39 is 0 Å². The molecule has 1 amide bonds. The van der Waals surface area contributed by atoms with E-state index in [-0.39, 0.29) is 5.91 Å². The van der Waals surface area contributed by atoms with Crippen LogP contribution in [0.25, 0.3) is 0 Å². The van der Waals surface area contributed by atoms with Crippen molar-refractivity contribution in [3.8, 4) is 5.75 Å². The number of thiazole rings is 1. The number of carbonyl (C=O) groups excluding carboxylic acids is 1. The van der Waals surface area contributed by atoms with Crippen LogP contribution in [-0.4, -0.2) is 17.9 Å². The van der Waals surface area contributed by atoms with Crippen molar-refractivity contribution < 1.29 is 9.53 Å². The number of amides is 1. The molecule has 1 aromatic heterocycles. The molecule has 0 radical (unpaired) electrons. The molecule has 0 aliphatic carbocycles. The first-order valence-corrected chi connectivity index (χ1v) is 10.9. The Morgan fingerprint density at radius 3 is 2.65 bits per heavy atom. The molecule has 0 unspecified atom stereocenters. The summed E-state index contributed by atoms with van der Waals surface area (Å²) in [6.45, 7) is 1.12. The maximum atomic E-state index is 12.9. The fraction of sp³-hybridized carbons (Fsp3) is 0.120. The van der Waals surface area contributed by atoms with Gasteiger partial charge >= 0.3 is 0 Å². The summed E-state index contributed by atoms with van der Waals surface area (Å²) in [6.07, 6.45) is 0. The van der Waals surface area contributed by atoms with Crippen LogP contribution >= 0.6 is 11.3 Å². The highest BCUT2D eigenvalue weighted by Crippen LogP contribution is 2.27. The van der Waals surface area contributed by atoms with E-state index in [1.165, 1.54) is 16.9 Å². The van der Waals surface area contributed by atoms with Gasteiger partial charge in [0.15, 0.2) is 0 Å². The normalized spacial score (nSPS) is 10.5. The number of hydrogen-bond donors (Lipinski definition) is 1. The molecule has 4 rings (SSSR count). The number of ether oxygens (including phenoxy) is 1. The van der Waals surface area contributed by atoms with Crippen molar-refractivity contribution in [2.24, 2.45) is 0 Å². The Bertz CT molecular complexity index is 1130. The quantitative estimate of drug-likeness (QED) is 0.395. The number of nitrogens with zero attached hydrogens (tertiary/aromatic N) is 2. The van der Waals surface area contributed by atoms with E-state index in [0.29, 0.717) is 17.9 Å². The average molecular weight is 430 g/mol. The summed E-state index contributed by atoms with van der Waals surface area (Å²) in [7, 11) is 2.02. The zero-order valence-corrected chi connectivity index (χ0v) is 18.0. The number of carbonyl (C=O) groups is 1. The molecule has 6 heteroatoms. The van der Waals surface area contributed by atoms with Gasteiger partial charge in [-0.05, 0) is 35.9 Å². The minimum atomic E-state index is -0.181. The Labute approximate surface area is 186 Å². The Morgan fingerprint density at radius 2 is 1.84 bits per heavy atom. The predicted octanol–water partition coefficient (Wildman–Crippen LogP) is 5.61. The predicted molar refractivity (Wildman–Crippen MR) is 126 cm³/mol. The average Bonchev–Trinajstić information content (AvgIpc) is 3.33. The van der Waals surface area contributed by atoms with Gasteiger partial charge in [-0.2, -0.15) is 0 Å². The Hall–Kier alpha value is -3.64. The molecule has 5 nitrogen and oxygen atoms in total. The van der Waals surface area contributed by atoms with E-state index >= 15 is 0 Å². The lowest BCUT2D eigenvalue weighted by Gasteiger charge is -2.23. The fourth-order valence-electron chi connectivity index (χ4n) is 3.24. The molecule has 1 heterocycles. The summed E-state index contributed by atoms with van der Waals surface area (Å²) in [4.78, 5) is 19.3. The van der Waals surface area contributed by atoms with Crippen LogP contribution in [0.3, 0.4) is 0 Å². The smallest absolute Gasteiger partial charge is 0.255 e. The van der Waals surface area contributed by atoms with E-state index in [4.69, 9.17) is 4.74 Å². The summed E-state index contributed by atoms with van der Waals surface area (Å²) in [5, 5.41) is 4.99. The maximum absolute atomic E-state index is 12.9.